The van der Waals surface area contributed by atoms with Gasteiger partial charge in [-0.25, -0.2) is 0 Å². The molecule has 4 heteroatoms. The van der Waals surface area contributed by atoms with Crippen molar-refractivity contribution in [2.24, 2.45) is 0 Å². The number of methoxy groups -OCH3 is 2. The minimum Gasteiger partial charge on any atom is -0.496 e. The fourth-order valence-corrected chi connectivity index (χ4v) is 4.20. The molecule has 4 aromatic carbocycles. The summed E-state index contributed by atoms with van der Waals surface area (Å²) in [5.74, 6) is 1.68. The van der Waals surface area contributed by atoms with Crippen molar-refractivity contribution in [3.8, 4) is 22.6 Å². The van der Waals surface area contributed by atoms with Crippen LogP contribution in [0.5, 0.6) is 11.5 Å². The molecule has 4 nitrogen and oxygen atoms in total. The molecule has 0 amide bonds. The van der Waals surface area contributed by atoms with Crippen LogP contribution in [0.2, 0.25) is 0 Å². The van der Waals surface area contributed by atoms with Gasteiger partial charge in [0.15, 0.2) is 0 Å². The molecule has 0 aromatic heterocycles. The Kier molecular flexibility index (Phi) is 5.88. The molecular weight excluding hydrogens is 372 g/mol. The van der Waals surface area contributed by atoms with E-state index in [0.717, 1.165) is 46.5 Å². The van der Waals surface area contributed by atoms with E-state index in [-0.39, 0.29) is 0 Å². The molecule has 0 unspecified atom stereocenters. The van der Waals surface area contributed by atoms with Gasteiger partial charge in [-0.15, -0.1) is 0 Å². The van der Waals surface area contributed by atoms with Gasteiger partial charge in [0.2, 0.25) is 0 Å². The van der Waals surface area contributed by atoms with Crippen molar-refractivity contribution in [3.63, 3.8) is 0 Å². The summed E-state index contributed by atoms with van der Waals surface area (Å²) in [5.41, 5.74) is 4.63. The molecule has 0 aliphatic rings. The molecular formula is C26H28N2O2. The lowest BCUT2D eigenvalue weighted by molar-refractivity contribution is 0.411. The van der Waals surface area contributed by atoms with Gasteiger partial charge in [0.05, 0.1) is 14.2 Å². The zero-order valence-corrected chi connectivity index (χ0v) is 18.0. The predicted octanol–water partition coefficient (Wildman–Crippen LogP) is 5.12. The number of hydrogen-bond acceptors (Lipinski definition) is 4. The summed E-state index contributed by atoms with van der Waals surface area (Å²) in [6.45, 7) is 1.67. The lowest BCUT2D eigenvalue weighted by Crippen LogP contribution is -2.05. The topological polar surface area (TPSA) is 42.5 Å². The van der Waals surface area contributed by atoms with E-state index in [1.54, 1.807) is 14.2 Å². The molecule has 0 heterocycles. The highest BCUT2D eigenvalue weighted by Gasteiger charge is 2.18. The molecule has 154 valence electrons. The standard InChI is InChI=1S/C26H28N2O2/c1-27-15-17-5-9-21-19(13-17)7-11-23(29-3)25(21)26-22-10-6-18(16-28-2)14-20(22)8-12-24(26)30-4/h5-14,27-28H,15-16H2,1-4H3. The molecule has 0 spiro atoms. The van der Waals surface area contributed by atoms with Crippen LogP contribution in [-0.2, 0) is 13.1 Å². The highest BCUT2D eigenvalue weighted by molar-refractivity contribution is 6.10. The number of benzene rings is 4. The van der Waals surface area contributed by atoms with E-state index in [1.165, 1.54) is 21.9 Å². The molecule has 0 saturated heterocycles. The van der Waals surface area contributed by atoms with Crippen LogP contribution in [0.4, 0.5) is 0 Å². The number of fused-ring (bicyclic) bond motifs is 2. The first-order valence-corrected chi connectivity index (χ1v) is 10.2. The predicted molar refractivity (Wildman–Crippen MR) is 126 cm³/mol. The summed E-state index contributed by atoms with van der Waals surface area (Å²) in [4.78, 5) is 0. The Labute approximate surface area is 177 Å². The molecule has 0 aliphatic carbocycles. The second kappa shape index (κ2) is 8.74. The lowest BCUT2D eigenvalue weighted by atomic mass is 9.91. The maximum atomic E-state index is 5.82. The molecule has 0 fully saturated rings. The van der Waals surface area contributed by atoms with E-state index >= 15 is 0 Å². The van der Waals surface area contributed by atoms with E-state index in [4.69, 9.17) is 9.47 Å². The van der Waals surface area contributed by atoms with Crippen LogP contribution >= 0.6 is 0 Å². The van der Waals surface area contributed by atoms with Crippen LogP contribution in [0, 0.1) is 0 Å². The van der Waals surface area contributed by atoms with Crippen molar-refractivity contribution in [2.45, 2.75) is 13.1 Å². The Morgan fingerprint density at radius 2 is 1.03 bits per heavy atom. The molecule has 0 saturated carbocycles. The quantitative estimate of drug-likeness (QED) is 0.452. The Hall–Kier alpha value is -3.08. The summed E-state index contributed by atoms with van der Waals surface area (Å²) in [5, 5.41) is 11.1. The highest BCUT2D eigenvalue weighted by Crippen LogP contribution is 2.45. The molecule has 4 aromatic rings. The first-order valence-electron chi connectivity index (χ1n) is 10.2. The second-order valence-electron chi connectivity index (χ2n) is 7.46. The van der Waals surface area contributed by atoms with Gasteiger partial charge in [-0.05, 0) is 71.0 Å². The Bertz CT molecular complexity index is 1110. The van der Waals surface area contributed by atoms with Gasteiger partial charge in [0.25, 0.3) is 0 Å². The van der Waals surface area contributed by atoms with Crippen molar-refractivity contribution in [1.82, 2.24) is 10.6 Å². The maximum Gasteiger partial charge on any atom is 0.127 e. The number of nitrogens with one attached hydrogen (secondary N) is 2. The SMILES string of the molecule is CNCc1ccc2c(-c3c(OC)ccc4cc(CNC)ccc34)c(OC)ccc2c1. The Balaban J connectivity index is 2.04. The van der Waals surface area contributed by atoms with Crippen molar-refractivity contribution in [2.75, 3.05) is 28.3 Å². The average molecular weight is 401 g/mol. The molecule has 0 aliphatic heterocycles. The smallest absolute Gasteiger partial charge is 0.127 e. The van der Waals surface area contributed by atoms with E-state index in [0.29, 0.717) is 0 Å². The highest BCUT2D eigenvalue weighted by atomic mass is 16.5. The van der Waals surface area contributed by atoms with E-state index < -0.39 is 0 Å². The first-order chi connectivity index (χ1) is 14.7. The van der Waals surface area contributed by atoms with Crippen LogP contribution in [-0.4, -0.2) is 28.3 Å². The summed E-state index contributed by atoms with van der Waals surface area (Å²) in [6.07, 6.45) is 0. The largest absolute Gasteiger partial charge is 0.496 e. The Morgan fingerprint density at radius 1 is 0.600 bits per heavy atom. The van der Waals surface area contributed by atoms with Crippen LogP contribution in [0.25, 0.3) is 32.7 Å². The van der Waals surface area contributed by atoms with Gasteiger partial charge in [-0.1, -0.05) is 36.4 Å². The zero-order valence-electron chi connectivity index (χ0n) is 18.0. The summed E-state index contributed by atoms with van der Waals surface area (Å²) < 4.78 is 11.6. The molecule has 0 atom stereocenters. The monoisotopic (exact) mass is 400 g/mol. The van der Waals surface area contributed by atoms with Gasteiger partial charge in [-0.3, -0.25) is 0 Å². The normalized spacial score (nSPS) is 11.2. The third kappa shape index (κ3) is 3.60. The van der Waals surface area contributed by atoms with E-state index in [9.17, 15) is 0 Å². The van der Waals surface area contributed by atoms with Crippen LogP contribution in [0.3, 0.4) is 0 Å². The van der Waals surface area contributed by atoms with Crippen LogP contribution in [0.1, 0.15) is 11.1 Å². The van der Waals surface area contributed by atoms with Gasteiger partial charge >= 0.3 is 0 Å². The third-order valence-corrected chi connectivity index (χ3v) is 5.54. The molecule has 0 bridgehead atoms. The fourth-order valence-electron chi connectivity index (χ4n) is 4.20. The average Bonchev–Trinajstić information content (AvgIpc) is 2.78. The van der Waals surface area contributed by atoms with E-state index in [2.05, 4.69) is 71.3 Å². The van der Waals surface area contributed by atoms with Gasteiger partial charge in [0, 0.05) is 24.2 Å². The Morgan fingerprint density at radius 3 is 1.40 bits per heavy atom. The zero-order chi connectivity index (χ0) is 21.1. The fraction of sp³-hybridized carbons (Fsp3) is 0.231. The van der Waals surface area contributed by atoms with Crippen molar-refractivity contribution >= 4 is 21.5 Å². The third-order valence-electron chi connectivity index (χ3n) is 5.54. The summed E-state index contributed by atoms with van der Waals surface area (Å²) in [7, 11) is 7.38. The van der Waals surface area contributed by atoms with Gasteiger partial charge in [-0.2, -0.15) is 0 Å². The summed E-state index contributed by atoms with van der Waals surface area (Å²) in [6, 6.07) is 21.5. The number of ether oxygens (including phenoxy) is 2. The minimum atomic E-state index is 0.836. The number of rotatable bonds is 7. The molecule has 0 radical (unpaired) electrons. The van der Waals surface area contributed by atoms with Crippen molar-refractivity contribution < 1.29 is 9.47 Å². The second-order valence-corrected chi connectivity index (χ2v) is 7.46. The molecule has 4 rings (SSSR count). The molecule has 2 N–H and O–H groups in total. The van der Waals surface area contributed by atoms with Crippen LogP contribution in [0.15, 0.2) is 60.7 Å². The van der Waals surface area contributed by atoms with Crippen molar-refractivity contribution in [3.05, 3.63) is 71.8 Å². The van der Waals surface area contributed by atoms with Crippen molar-refractivity contribution in [1.29, 1.82) is 0 Å². The van der Waals surface area contributed by atoms with Crippen LogP contribution < -0.4 is 20.1 Å². The maximum absolute atomic E-state index is 5.82. The van der Waals surface area contributed by atoms with Gasteiger partial charge in [0.1, 0.15) is 11.5 Å². The summed E-state index contributed by atoms with van der Waals surface area (Å²) >= 11 is 0. The van der Waals surface area contributed by atoms with E-state index in [1.807, 2.05) is 14.1 Å². The minimum absolute atomic E-state index is 0.836. The molecule has 30 heavy (non-hydrogen) atoms. The van der Waals surface area contributed by atoms with Gasteiger partial charge < -0.3 is 20.1 Å². The first kappa shape index (κ1) is 20.2. The lowest BCUT2D eigenvalue weighted by Gasteiger charge is -2.18. The number of hydrogen-bond donors (Lipinski definition) is 2.